The van der Waals surface area contributed by atoms with Gasteiger partial charge in [-0.2, -0.15) is 0 Å². The van der Waals surface area contributed by atoms with Gasteiger partial charge >= 0.3 is 0 Å². The van der Waals surface area contributed by atoms with E-state index in [0.717, 1.165) is 13.0 Å². The molecule has 2 nitrogen and oxygen atoms in total. The van der Waals surface area contributed by atoms with Crippen LogP contribution in [-0.2, 0) is 0 Å². The summed E-state index contributed by atoms with van der Waals surface area (Å²) in [7, 11) is 0. The Labute approximate surface area is 104 Å². The zero-order chi connectivity index (χ0) is 12.3. The molecule has 0 spiro atoms. The Morgan fingerprint density at radius 1 is 1.29 bits per heavy atom. The lowest BCUT2D eigenvalue weighted by Gasteiger charge is -2.39. The first-order chi connectivity index (χ1) is 8.13. The van der Waals surface area contributed by atoms with Crippen molar-refractivity contribution in [2.75, 3.05) is 6.54 Å². The monoisotopic (exact) mass is 233 g/mol. The number of phenols is 1. The van der Waals surface area contributed by atoms with Crippen molar-refractivity contribution in [2.45, 2.75) is 45.6 Å². The molecule has 2 heteroatoms. The number of benzene rings is 1. The van der Waals surface area contributed by atoms with Gasteiger partial charge in [0, 0.05) is 12.6 Å². The van der Waals surface area contributed by atoms with Crippen LogP contribution in [0.5, 0.6) is 5.75 Å². The van der Waals surface area contributed by atoms with Crippen molar-refractivity contribution in [3.8, 4) is 5.75 Å². The van der Waals surface area contributed by atoms with Gasteiger partial charge in [-0.1, -0.05) is 32.4 Å². The summed E-state index contributed by atoms with van der Waals surface area (Å²) in [6.45, 7) is 5.67. The number of phenolic OH excluding ortho intramolecular Hbond substituents is 1. The number of hydrogen-bond donors (Lipinski definition) is 2. The Morgan fingerprint density at radius 2 is 1.94 bits per heavy atom. The largest absolute Gasteiger partial charge is 0.508 e. The summed E-state index contributed by atoms with van der Waals surface area (Å²) in [5.74, 6) is 0.342. The molecule has 0 bridgehead atoms. The molecule has 1 aliphatic rings. The van der Waals surface area contributed by atoms with E-state index in [2.05, 4.69) is 19.2 Å². The van der Waals surface area contributed by atoms with Crippen LogP contribution in [0.1, 0.15) is 51.1 Å². The fraction of sp³-hybridized carbons (Fsp3) is 0.600. The molecule has 1 aromatic carbocycles. The van der Waals surface area contributed by atoms with Crippen molar-refractivity contribution in [3.63, 3.8) is 0 Å². The maximum atomic E-state index is 9.30. The summed E-state index contributed by atoms with van der Waals surface area (Å²) < 4.78 is 0. The molecule has 1 saturated carbocycles. The minimum absolute atomic E-state index is 0.342. The quantitative estimate of drug-likeness (QED) is 0.814. The van der Waals surface area contributed by atoms with E-state index < -0.39 is 0 Å². The topological polar surface area (TPSA) is 32.3 Å². The van der Waals surface area contributed by atoms with E-state index in [9.17, 15) is 5.11 Å². The van der Waals surface area contributed by atoms with E-state index in [1.54, 1.807) is 12.1 Å². The molecule has 1 unspecified atom stereocenters. The van der Waals surface area contributed by atoms with Gasteiger partial charge in [-0.25, -0.2) is 0 Å². The zero-order valence-corrected chi connectivity index (χ0v) is 10.9. The highest BCUT2D eigenvalue weighted by molar-refractivity contribution is 5.28. The van der Waals surface area contributed by atoms with Gasteiger partial charge in [-0.3, -0.25) is 0 Å². The molecule has 2 N–H and O–H groups in total. The van der Waals surface area contributed by atoms with Gasteiger partial charge in [0.2, 0.25) is 0 Å². The van der Waals surface area contributed by atoms with Crippen LogP contribution >= 0.6 is 0 Å². The van der Waals surface area contributed by atoms with Gasteiger partial charge in [-0.15, -0.1) is 0 Å². The maximum absolute atomic E-state index is 9.30. The number of hydrogen-bond acceptors (Lipinski definition) is 2. The van der Waals surface area contributed by atoms with Crippen LogP contribution in [-0.4, -0.2) is 11.7 Å². The lowest BCUT2D eigenvalue weighted by Crippen LogP contribution is -2.38. The average molecular weight is 233 g/mol. The molecule has 0 aromatic heterocycles. The number of rotatable bonds is 5. The summed E-state index contributed by atoms with van der Waals surface area (Å²) in [5, 5.41) is 13.0. The van der Waals surface area contributed by atoms with Crippen LogP contribution in [0, 0.1) is 5.41 Å². The van der Waals surface area contributed by atoms with Gasteiger partial charge in [0.25, 0.3) is 0 Å². The standard InChI is InChI=1S/C15H23NO/c1-3-14(12-5-7-13(17)8-6-12)16-11-15(2)9-4-10-15/h5-8,14,16-17H,3-4,9-11H2,1-2H3. The Balaban J connectivity index is 1.94. The van der Waals surface area contributed by atoms with E-state index >= 15 is 0 Å². The van der Waals surface area contributed by atoms with Gasteiger partial charge < -0.3 is 10.4 Å². The second kappa shape index (κ2) is 5.09. The van der Waals surface area contributed by atoms with Crippen LogP contribution in [0.15, 0.2) is 24.3 Å². The highest BCUT2D eigenvalue weighted by Gasteiger charge is 2.31. The molecule has 0 heterocycles. The number of aromatic hydroxyl groups is 1. The van der Waals surface area contributed by atoms with Crippen molar-refractivity contribution in [3.05, 3.63) is 29.8 Å². The lowest BCUT2D eigenvalue weighted by molar-refractivity contribution is 0.150. The summed E-state index contributed by atoms with van der Waals surface area (Å²) >= 11 is 0. The van der Waals surface area contributed by atoms with E-state index in [1.165, 1.54) is 24.8 Å². The predicted molar refractivity (Wildman–Crippen MR) is 71.1 cm³/mol. The molecule has 0 saturated heterocycles. The third-order valence-corrected chi connectivity index (χ3v) is 4.04. The Kier molecular flexibility index (Phi) is 3.72. The summed E-state index contributed by atoms with van der Waals surface area (Å²) in [5.41, 5.74) is 1.79. The SMILES string of the molecule is CCC(NCC1(C)CCC1)c1ccc(O)cc1. The first-order valence-electron chi connectivity index (χ1n) is 6.65. The molecule has 94 valence electrons. The normalized spacial score (nSPS) is 19.6. The predicted octanol–water partition coefficient (Wildman–Crippen LogP) is 3.62. The van der Waals surface area contributed by atoms with Crippen molar-refractivity contribution in [1.29, 1.82) is 0 Å². The van der Waals surface area contributed by atoms with E-state index in [-0.39, 0.29) is 0 Å². The van der Waals surface area contributed by atoms with Crippen LogP contribution < -0.4 is 5.32 Å². The zero-order valence-electron chi connectivity index (χ0n) is 10.9. The molecule has 0 radical (unpaired) electrons. The van der Waals surface area contributed by atoms with Crippen LogP contribution in [0.3, 0.4) is 0 Å². The fourth-order valence-electron chi connectivity index (χ4n) is 2.53. The summed E-state index contributed by atoms with van der Waals surface area (Å²) in [6.07, 6.45) is 5.17. The first kappa shape index (κ1) is 12.4. The maximum Gasteiger partial charge on any atom is 0.115 e. The molecule has 1 atom stereocenters. The van der Waals surface area contributed by atoms with Gasteiger partial charge in [-0.05, 0) is 42.4 Å². The van der Waals surface area contributed by atoms with Crippen LogP contribution in [0.2, 0.25) is 0 Å². The highest BCUT2D eigenvalue weighted by atomic mass is 16.3. The molecule has 17 heavy (non-hydrogen) atoms. The third kappa shape index (κ3) is 3.01. The van der Waals surface area contributed by atoms with Crippen LogP contribution in [0.4, 0.5) is 0 Å². The molecule has 2 rings (SSSR count). The van der Waals surface area contributed by atoms with Crippen molar-refractivity contribution in [2.24, 2.45) is 5.41 Å². The highest BCUT2D eigenvalue weighted by Crippen LogP contribution is 2.40. The van der Waals surface area contributed by atoms with Gasteiger partial charge in [0.05, 0.1) is 0 Å². The van der Waals surface area contributed by atoms with Crippen molar-refractivity contribution < 1.29 is 5.11 Å². The summed E-state index contributed by atoms with van der Waals surface area (Å²) in [6, 6.07) is 7.97. The molecular formula is C15H23NO. The van der Waals surface area contributed by atoms with E-state index in [4.69, 9.17) is 0 Å². The first-order valence-corrected chi connectivity index (χ1v) is 6.65. The molecule has 1 aliphatic carbocycles. The molecular weight excluding hydrogens is 210 g/mol. The lowest BCUT2D eigenvalue weighted by atomic mass is 9.70. The third-order valence-electron chi connectivity index (χ3n) is 4.04. The van der Waals surface area contributed by atoms with Gasteiger partial charge in [0.1, 0.15) is 5.75 Å². The van der Waals surface area contributed by atoms with Crippen molar-refractivity contribution >= 4 is 0 Å². The molecule has 0 aliphatic heterocycles. The second-order valence-corrected chi connectivity index (χ2v) is 5.60. The minimum atomic E-state index is 0.342. The van der Waals surface area contributed by atoms with Crippen LogP contribution in [0.25, 0.3) is 0 Å². The minimum Gasteiger partial charge on any atom is -0.508 e. The number of nitrogens with one attached hydrogen (secondary N) is 1. The van der Waals surface area contributed by atoms with Crippen molar-refractivity contribution in [1.82, 2.24) is 5.32 Å². The molecule has 0 amide bonds. The molecule has 1 aromatic rings. The van der Waals surface area contributed by atoms with Gasteiger partial charge in [0.15, 0.2) is 0 Å². The van der Waals surface area contributed by atoms with E-state index in [0.29, 0.717) is 17.2 Å². The Morgan fingerprint density at radius 3 is 2.41 bits per heavy atom. The Hall–Kier alpha value is -1.02. The fourth-order valence-corrected chi connectivity index (χ4v) is 2.53. The second-order valence-electron chi connectivity index (χ2n) is 5.60. The average Bonchev–Trinajstić information content (AvgIpc) is 2.30. The molecule has 1 fully saturated rings. The summed E-state index contributed by atoms with van der Waals surface area (Å²) in [4.78, 5) is 0. The smallest absolute Gasteiger partial charge is 0.115 e. The van der Waals surface area contributed by atoms with E-state index in [1.807, 2.05) is 12.1 Å². The Bertz CT molecular complexity index is 354.